The van der Waals surface area contributed by atoms with E-state index in [1.54, 1.807) is 22.8 Å². The van der Waals surface area contributed by atoms with Gasteiger partial charge in [-0.05, 0) is 52.0 Å². The Kier molecular flexibility index (Phi) is 3.20. The maximum absolute atomic E-state index is 8.71. The minimum absolute atomic E-state index is 0.0405. The van der Waals surface area contributed by atoms with E-state index < -0.39 is 25.0 Å². The number of aryl methyl sites for hydroxylation is 1. The number of para-hydroxylation sites is 2. The van der Waals surface area contributed by atoms with Crippen LogP contribution in [0.3, 0.4) is 0 Å². The summed E-state index contributed by atoms with van der Waals surface area (Å²) in [6.07, 6.45) is 0. The van der Waals surface area contributed by atoms with Gasteiger partial charge in [-0.3, -0.25) is 4.57 Å². The monoisotopic (exact) mass is 468 g/mol. The summed E-state index contributed by atoms with van der Waals surface area (Å²) in [5.74, 6) is -0.0405. The highest BCUT2D eigenvalue weighted by molar-refractivity contribution is 6.19. The fourth-order valence-corrected chi connectivity index (χ4v) is 5.19. The van der Waals surface area contributed by atoms with Crippen molar-refractivity contribution in [3.63, 3.8) is 0 Å². The molecule has 36 heavy (non-hydrogen) atoms. The molecule has 0 atom stereocenters. The molecule has 1 aromatic heterocycles. The van der Waals surface area contributed by atoms with Crippen molar-refractivity contribution in [3.05, 3.63) is 133 Å². The Morgan fingerprint density at radius 2 is 1.22 bits per heavy atom. The van der Waals surface area contributed by atoms with E-state index in [9.17, 15) is 0 Å². The van der Waals surface area contributed by atoms with Crippen LogP contribution in [0.4, 0.5) is 0 Å². The second kappa shape index (κ2) is 8.21. The third-order valence-corrected chi connectivity index (χ3v) is 6.65. The van der Waals surface area contributed by atoms with Crippen LogP contribution in [0.2, 0.25) is 0 Å². The molecule has 0 N–H and O–H groups in total. The Hall–Kier alpha value is -4.69. The lowest BCUT2D eigenvalue weighted by molar-refractivity contribution is 1.02. The molecule has 0 bridgehead atoms. The number of aromatic nitrogens is 2. The van der Waals surface area contributed by atoms with Crippen LogP contribution < -0.4 is 0 Å². The largest absolute Gasteiger partial charge is 0.295 e. The highest BCUT2D eigenvalue weighted by Crippen LogP contribution is 2.44. The molecule has 0 radical (unpaired) electrons. The number of fused-ring (bicyclic) bond motifs is 3. The molecule has 7 rings (SSSR count). The Morgan fingerprint density at radius 1 is 0.639 bits per heavy atom. The van der Waals surface area contributed by atoms with Crippen molar-refractivity contribution < 1.29 is 11.0 Å². The van der Waals surface area contributed by atoms with Gasteiger partial charge in [0, 0.05) is 14.9 Å². The van der Waals surface area contributed by atoms with Crippen molar-refractivity contribution in [1.29, 1.82) is 0 Å². The summed E-state index contributed by atoms with van der Waals surface area (Å²) in [6.45, 7) is -2.49. The minimum Gasteiger partial charge on any atom is -0.295 e. The molecule has 0 amide bonds. The zero-order valence-corrected chi connectivity index (χ0v) is 19.1. The van der Waals surface area contributed by atoms with Crippen LogP contribution in [-0.4, -0.2) is 9.55 Å². The summed E-state index contributed by atoms with van der Waals surface area (Å²) in [7, 11) is 0. The summed E-state index contributed by atoms with van der Waals surface area (Å²) < 4.78 is 69.0. The van der Waals surface area contributed by atoms with Crippen molar-refractivity contribution in [2.45, 2.75) is 6.85 Å². The minimum atomic E-state index is -2.49. The highest BCUT2D eigenvalue weighted by Gasteiger charge is 2.20. The first kappa shape index (κ1) is 14.0. The molecule has 6 aromatic carbocycles. The summed E-state index contributed by atoms with van der Waals surface area (Å²) >= 11 is 0. The molecule has 7 aromatic rings. The second-order valence-corrected chi connectivity index (χ2v) is 8.62. The van der Waals surface area contributed by atoms with Crippen LogP contribution in [0.5, 0.6) is 0 Å². The van der Waals surface area contributed by atoms with Gasteiger partial charge in [-0.2, -0.15) is 0 Å². The number of imidazole rings is 1. The molecular formula is C34H24N2. The molecule has 0 aliphatic rings. The number of benzene rings is 6. The molecule has 2 heteroatoms. The Morgan fingerprint density at radius 3 is 1.92 bits per heavy atom. The lowest BCUT2D eigenvalue weighted by Crippen LogP contribution is -2.01. The number of hydrogen-bond acceptors (Lipinski definition) is 1. The van der Waals surface area contributed by atoms with Gasteiger partial charge < -0.3 is 0 Å². The predicted octanol–water partition coefficient (Wildman–Crippen LogP) is 8.97. The number of nitrogens with zero attached hydrogens (tertiary/aromatic N) is 2. The number of rotatable bonds is 3. The molecule has 2 nitrogen and oxygen atoms in total. The topological polar surface area (TPSA) is 17.8 Å². The molecule has 0 saturated heterocycles. The van der Waals surface area contributed by atoms with Crippen molar-refractivity contribution in [3.8, 4) is 27.9 Å². The highest BCUT2D eigenvalue weighted by atomic mass is 15.1. The maximum atomic E-state index is 8.71. The SMILES string of the molecule is [2H]c1c([2H])c([2H])c(-c2ccccc2-c2c3ccccc3c(-n3c(C([2H])([2H])[2H])nc4ccccc43)c3ccccc23)c([2H])c1[2H]. The summed E-state index contributed by atoms with van der Waals surface area (Å²) in [6, 6.07) is 28.3. The van der Waals surface area contributed by atoms with Gasteiger partial charge in [0.25, 0.3) is 0 Å². The van der Waals surface area contributed by atoms with Gasteiger partial charge in [-0.15, -0.1) is 0 Å². The molecule has 0 aliphatic heterocycles. The number of hydrogen-bond donors (Lipinski definition) is 0. The van der Waals surface area contributed by atoms with Gasteiger partial charge in [0.15, 0.2) is 0 Å². The van der Waals surface area contributed by atoms with Crippen LogP contribution in [0.25, 0.3) is 60.5 Å². The van der Waals surface area contributed by atoms with Gasteiger partial charge in [0.2, 0.25) is 0 Å². The molecule has 170 valence electrons. The van der Waals surface area contributed by atoms with Crippen molar-refractivity contribution in [2.24, 2.45) is 0 Å². The van der Waals surface area contributed by atoms with Crippen molar-refractivity contribution in [1.82, 2.24) is 9.55 Å². The average molecular weight is 469 g/mol. The maximum Gasteiger partial charge on any atom is 0.111 e. The zero-order valence-electron chi connectivity index (χ0n) is 27.1. The van der Waals surface area contributed by atoms with Crippen molar-refractivity contribution in [2.75, 3.05) is 0 Å². The quantitative estimate of drug-likeness (QED) is 0.237. The molecular weight excluding hydrogens is 436 g/mol. The second-order valence-electron chi connectivity index (χ2n) is 8.62. The van der Waals surface area contributed by atoms with Crippen LogP contribution in [0.15, 0.2) is 127 Å². The standard InChI is InChI=1S/C34H24N2/c1-23-35-31-21-11-12-22-32(31)36(23)34-29-19-9-7-17-27(29)33(28-18-8-10-20-30(28)34)26-16-6-5-15-25(26)24-13-3-2-4-14-24/h2-22H,1H3/i1D3,2D,3D,4D,13D,14D. The predicted molar refractivity (Wildman–Crippen MR) is 152 cm³/mol. The third kappa shape index (κ3) is 3.08. The van der Waals surface area contributed by atoms with Crippen molar-refractivity contribution >= 4 is 32.6 Å². The van der Waals surface area contributed by atoms with E-state index in [0.717, 1.165) is 27.1 Å². The fraction of sp³-hybridized carbons (Fsp3) is 0.0294. The van der Waals surface area contributed by atoms with Gasteiger partial charge in [-0.1, -0.05) is 115 Å². The van der Waals surface area contributed by atoms with E-state index >= 15 is 0 Å². The van der Waals surface area contributed by atoms with E-state index in [0.29, 0.717) is 27.8 Å². The fourth-order valence-electron chi connectivity index (χ4n) is 5.19. The van der Waals surface area contributed by atoms with E-state index in [4.69, 9.17) is 11.0 Å². The molecule has 0 fully saturated rings. The summed E-state index contributed by atoms with van der Waals surface area (Å²) in [4.78, 5) is 4.56. The molecule has 1 heterocycles. The third-order valence-electron chi connectivity index (χ3n) is 6.65. The van der Waals surface area contributed by atoms with E-state index in [2.05, 4.69) is 4.98 Å². The van der Waals surface area contributed by atoms with Crippen LogP contribution in [-0.2, 0) is 0 Å². The van der Waals surface area contributed by atoms with Gasteiger partial charge >= 0.3 is 0 Å². The molecule has 0 spiro atoms. The van der Waals surface area contributed by atoms with E-state index in [1.165, 1.54) is 0 Å². The van der Waals surface area contributed by atoms with Crippen LogP contribution in [0, 0.1) is 6.85 Å². The first-order valence-corrected chi connectivity index (χ1v) is 11.7. The van der Waals surface area contributed by atoms with Gasteiger partial charge in [-0.25, -0.2) is 4.98 Å². The lowest BCUT2D eigenvalue weighted by atomic mass is 9.87. The molecule has 0 unspecified atom stereocenters. The van der Waals surface area contributed by atoms with Crippen LogP contribution in [0.1, 0.15) is 16.8 Å². The zero-order chi connectivity index (χ0) is 30.9. The first-order chi connectivity index (χ1) is 21.1. The van der Waals surface area contributed by atoms with Gasteiger partial charge in [0.1, 0.15) is 5.82 Å². The lowest BCUT2D eigenvalue weighted by Gasteiger charge is -2.20. The summed E-state index contributed by atoms with van der Waals surface area (Å²) in [5.41, 5.74) is 4.04. The smallest absolute Gasteiger partial charge is 0.111 e. The molecule has 0 aliphatic carbocycles. The normalized spacial score (nSPS) is 15.0. The Balaban J connectivity index is 1.66. The Bertz CT molecular complexity index is 2200. The Labute approximate surface area is 221 Å². The average Bonchev–Trinajstić information content (AvgIpc) is 3.42. The van der Waals surface area contributed by atoms with E-state index in [-0.39, 0.29) is 23.5 Å². The first-order valence-electron chi connectivity index (χ1n) is 15.7. The van der Waals surface area contributed by atoms with E-state index in [1.807, 2.05) is 78.9 Å². The summed E-state index contributed by atoms with van der Waals surface area (Å²) in [5, 5.41) is 3.20. The molecule has 0 saturated carbocycles. The van der Waals surface area contributed by atoms with Crippen LogP contribution >= 0.6 is 0 Å². The van der Waals surface area contributed by atoms with Gasteiger partial charge in [0.05, 0.1) is 23.6 Å².